The smallest absolute Gasteiger partial charge is 0.135 e. The number of nitrogens with zero attached hydrogens (tertiary/aromatic N) is 1. The van der Waals surface area contributed by atoms with Crippen LogP contribution >= 0.6 is 0 Å². The van der Waals surface area contributed by atoms with Crippen molar-refractivity contribution in [3.8, 4) is 44.7 Å². The predicted octanol–water partition coefficient (Wildman–Crippen LogP) is 16.0. The van der Waals surface area contributed by atoms with E-state index in [1.54, 1.807) is 0 Å². The van der Waals surface area contributed by atoms with Gasteiger partial charge in [0.1, 0.15) is 11.3 Å². The highest BCUT2D eigenvalue weighted by atomic mass is 16.3. The zero-order valence-corrected chi connectivity index (χ0v) is 31.7. The van der Waals surface area contributed by atoms with Crippen molar-refractivity contribution in [2.24, 2.45) is 0 Å². The molecule has 2 nitrogen and oxygen atoms in total. The van der Waals surface area contributed by atoms with Crippen molar-refractivity contribution in [3.63, 3.8) is 0 Å². The highest BCUT2D eigenvalue weighted by Crippen LogP contribution is 2.41. The van der Waals surface area contributed by atoms with E-state index < -0.39 is 0 Å². The molecule has 0 aliphatic rings. The van der Waals surface area contributed by atoms with E-state index in [1.807, 2.05) is 18.2 Å². The molecular formula is C56H37NO. The summed E-state index contributed by atoms with van der Waals surface area (Å²) in [5, 5.41) is 8.67. The van der Waals surface area contributed by atoms with E-state index >= 15 is 0 Å². The summed E-state index contributed by atoms with van der Waals surface area (Å²) in [6.45, 7) is 0. The fourth-order valence-electron chi connectivity index (χ4n) is 8.58. The monoisotopic (exact) mass is 739 g/mol. The molecule has 58 heavy (non-hydrogen) atoms. The van der Waals surface area contributed by atoms with Gasteiger partial charge in [0.05, 0.1) is 0 Å². The van der Waals surface area contributed by atoms with Gasteiger partial charge in [-0.15, -0.1) is 0 Å². The van der Waals surface area contributed by atoms with Crippen LogP contribution in [0.3, 0.4) is 0 Å². The van der Waals surface area contributed by atoms with Gasteiger partial charge in [0.2, 0.25) is 0 Å². The largest absolute Gasteiger partial charge is 0.456 e. The molecule has 0 saturated heterocycles. The maximum absolute atomic E-state index is 6.22. The van der Waals surface area contributed by atoms with Gasteiger partial charge in [-0.25, -0.2) is 0 Å². The Morgan fingerprint density at radius 3 is 1.50 bits per heavy atom. The first-order valence-corrected chi connectivity index (χ1v) is 19.8. The van der Waals surface area contributed by atoms with Crippen molar-refractivity contribution >= 4 is 60.3 Å². The normalized spacial score (nSPS) is 11.4. The summed E-state index contributed by atoms with van der Waals surface area (Å²) < 4.78 is 6.22. The molecule has 0 atom stereocenters. The standard InChI is InChI=1S/C56H37NO/c1-4-17-49-39(11-1)14-10-21-50(49)40-25-31-47(32-26-40)57(48-33-27-41(28-34-48)54-36-43-12-2-5-18-51(43)52-19-6-7-20-53(52)54)46-29-23-38(24-30-46)42-15-9-16-44(35-42)56-37-45-13-3-8-22-55(45)58-56/h1-37H. The molecule has 0 aliphatic heterocycles. The Bertz CT molecular complexity index is 3230. The molecule has 1 aromatic heterocycles. The van der Waals surface area contributed by atoms with Crippen LogP contribution in [0.4, 0.5) is 17.1 Å². The quantitative estimate of drug-likeness (QED) is 0.151. The second-order valence-electron chi connectivity index (χ2n) is 14.9. The summed E-state index contributed by atoms with van der Waals surface area (Å²) in [6, 6.07) is 80.7. The molecule has 0 saturated carbocycles. The molecular weight excluding hydrogens is 703 g/mol. The lowest BCUT2D eigenvalue weighted by Gasteiger charge is -2.26. The zero-order chi connectivity index (χ0) is 38.4. The summed E-state index contributed by atoms with van der Waals surface area (Å²) in [5.41, 5.74) is 12.4. The van der Waals surface area contributed by atoms with E-state index in [0.29, 0.717) is 0 Å². The minimum atomic E-state index is 0.873. The van der Waals surface area contributed by atoms with Gasteiger partial charge in [-0.3, -0.25) is 0 Å². The SMILES string of the molecule is c1cc(-c2ccc(N(c3ccc(-c4cccc5ccccc45)cc3)c3ccc(-c4cc5ccccc5c5ccccc45)cc3)cc2)cc(-c2cc3ccccc3o2)c1. The van der Waals surface area contributed by atoms with Gasteiger partial charge in [0, 0.05) is 28.0 Å². The number of anilines is 3. The summed E-state index contributed by atoms with van der Waals surface area (Å²) in [4.78, 5) is 2.35. The maximum Gasteiger partial charge on any atom is 0.135 e. The number of benzene rings is 10. The van der Waals surface area contributed by atoms with Crippen LogP contribution < -0.4 is 4.90 Å². The highest BCUT2D eigenvalue weighted by molar-refractivity contribution is 6.13. The summed E-state index contributed by atoms with van der Waals surface area (Å²) >= 11 is 0. The van der Waals surface area contributed by atoms with E-state index in [9.17, 15) is 0 Å². The molecule has 0 N–H and O–H groups in total. The van der Waals surface area contributed by atoms with Gasteiger partial charge in [-0.05, 0) is 126 Å². The molecule has 0 bridgehead atoms. The first kappa shape index (κ1) is 33.6. The van der Waals surface area contributed by atoms with E-state index in [0.717, 1.165) is 50.5 Å². The lowest BCUT2D eigenvalue weighted by atomic mass is 9.93. The van der Waals surface area contributed by atoms with Crippen LogP contribution in [0.5, 0.6) is 0 Å². The molecule has 1 heterocycles. The Morgan fingerprint density at radius 2 is 0.793 bits per heavy atom. The molecule has 0 amide bonds. The third-order valence-electron chi connectivity index (χ3n) is 11.5. The van der Waals surface area contributed by atoms with Crippen molar-refractivity contribution in [1.82, 2.24) is 0 Å². The fourth-order valence-corrected chi connectivity index (χ4v) is 8.58. The van der Waals surface area contributed by atoms with E-state index in [-0.39, 0.29) is 0 Å². The maximum atomic E-state index is 6.22. The Hall–Kier alpha value is -7.68. The third kappa shape index (κ3) is 6.00. The Labute approximate surface area is 337 Å². The average Bonchev–Trinajstić information content (AvgIpc) is 3.74. The molecule has 10 aromatic carbocycles. The van der Waals surface area contributed by atoms with Gasteiger partial charge >= 0.3 is 0 Å². The minimum Gasteiger partial charge on any atom is -0.456 e. The van der Waals surface area contributed by atoms with E-state index in [2.05, 4.69) is 211 Å². The molecule has 11 aromatic rings. The molecule has 0 spiro atoms. The second-order valence-corrected chi connectivity index (χ2v) is 14.9. The van der Waals surface area contributed by atoms with Crippen LogP contribution in [0.2, 0.25) is 0 Å². The van der Waals surface area contributed by atoms with Crippen LogP contribution in [0.1, 0.15) is 0 Å². The number of hydrogen-bond acceptors (Lipinski definition) is 2. The topological polar surface area (TPSA) is 16.4 Å². The molecule has 272 valence electrons. The van der Waals surface area contributed by atoms with Crippen molar-refractivity contribution < 1.29 is 4.42 Å². The molecule has 0 fully saturated rings. The van der Waals surface area contributed by atoms with Gasteiger partial charge in [0.15, 0.2) is 0 Å². The van der Waals surface area contributed by atoms with Crippen LogP contribution in [-0.4, -0.2) is 0 Å². The van der Waals surface area contributed by atoms with Crippen molar-refractivity contribution in [2.45, 2.75) is 0 Å². The highest BCUT2D eigenvalue weighted by Gasteiger charge is 2.16. The lowest BCUT2D eigenvalue weighted by molar-refractivity contribution is 0.631. The second kappa shape index (κ2) is 14.1. The number of fused-ring (bicyclic) bond motifs is 5. The van der Waals surface area contributed by atoms with Crippen LogP contribution in [0.15, 0.2) is 229 Å². The number of rotatable bonds is 7. The van der Waals surface area contributed by atoms with Gasteiger partial charge in [-0.1, -0.05) is 164 Å². The molecule has 0 radical (unpaired) electrons. The number of hydrogen-bond donors (Lipinski definition) is 0. The Morgan fingerprint density at radius 1 is 0.276 bits per heavy atom. The lowest BCUT2D eigenvalue weighted by Crippen LogP contribution is -2.09. The van der Waals surface area contributed by atoms with Crippen molar-refractivity contribution in [2.75, 3.05) is 4.90 Å². The van der Waals surface area contributed by atoms with Gasteiger partial charge in [0.25, 0.3) is 0 Å². The average molecular weight is 740 g/mol. The number of furan rings is 1. The zero-order valence-electron chi connectivity index (χ0n) is 31.7. The fraction of sp³-hybridized carbons (Fsp3) is 0. The Balaban J connectivity index is 0.982. The van der Waals surface area contributed by atoms with E-state index in [4.69, 9.17) is 4.42 Å². The first-order valence-electron chi connectivity index (χ1n) is 19.8. The van der Waals surface area contributed by atoms with Gasteiger partial charge in [-0.2, -0.15) is 0 Å². The summed E-state index contributed by atoms with van der Waals surface area (Å²) in [7, 11) is 0. The van der Waals surface area contributed by atoms with E-state index in [1.165, 1.54) is 54.6 Å². The molecule has 0 aliphatic carbocycles. The van der Waals surface area contributed by atoms with Crippen molar-refractivity contribution in [1.29, 1.82) is 0 Å². The Kier molecular flexibility index (Phi) is 8.19. The summed E-state index contributed by atoms with van der Waals surface area (Å²) in [5.74, 6) is 0.873. The van der Waals surface area contributed by atoms with Gasteiger partial charge < -0.3 is 9.32 Å². The molecule has 11 rings (SSSR count). The summed E-state index contributed by atoms with van der Waals surface area (Å²) in [6.07, 6.45) is 0. The first-order chi connectivity index (χ1) is 28.7. The van der Waals surface area contributed by atoms with Crippen LogP contribution in [0.25, 0.3) is 88.0 Å². The third-order valence-corrected chi connectivity index (χ3v) is 11.5. The molecule has 2 heteroatoms. The van der Waals surface area contributed by atoms with Crippen LogP contribution in [0, 0.1) is 0 Å². The molecule has 0 unspecified atom stereocenters. The predicted molar refractivity (Wildman–Crippen MR) is 245 cm³/mol. The number of para-hydroxylation sites is 1. The van der Waals surface area contributed by atoms with Crippen molar-refractivity contribution in [3.05, 3.63) is 224 Å². The van der Waals surface area contributed by atoms with Crippen LogP contribution in [-0.2, 0) is 0 Å². The minimum absolute atomic E-state index is 0.873.